The zero-order chi connectivity index (χ0) is 8.10. The molecule has 0 aromatic carbocycles. The van der Waals surface area contributed by atoms with Crippen molar-refractivity contribution < 1.29 is 0 Å². The van der Waals surface area contributed by atoms with Crippen LogP contribution in [-0.2, 0) is 0 Å². The van der Waals surface area contributed by atoms with Crippen molar-refractivity contribution in [3.05, 3.63) is 12.7 Å². The van der Waals surface area contributed by atoms with Gasteiger partial charge in [-0.1, -0.05) is 6.08 Å². The molecule has 0 aromatic rings. The maximum absolute atomic E-state index is 3.80. The van der Waals surface area contributed by atoms with Crippen LogP contribution in [0.4, 0.5) is 0 Å². The van der Waals surface area contributed by atoms with Crippen LogP contribution < -0.4 is 5.32 Å². The first kappa shape index (κ1) is 8.75. The number of rotatable bonds is 2. The molecular weight excluding hydrogens is 136 g/mol. The van der Waals surface area contributed by atoms with E-state index in [0.29, 0.717) is 6.04 Å². The summed E-state index contributed by atoms with van der Waals surface area (Å²) >= 11 is 0. The molecule has 1 aliphatic rings. The van der Waals surface area contributed by atoms with Crippen molar-refractivity contribution in [1.29, 1.82) is 0 Å². The molecule has 1 rings (SSSR count). The minimum absolute atomic E-state index is 0.537. The Morgan fingerprint density at radius 1 is 1.45 bits per heavy atom. The monoisotopic (exact) mass is 154 g/mol. The summed E-state index contributed by atoms with van der Waals surface area (Å²) in [6, 6.07) is 0.537. The lowest BCUT2D eigenvalue weighted by molar-refractivity contribution is 0.258. The van der Waals surface area contributed by atoms with Gasteiger partial charge in [0.05, 0.1) is 0 Å². The van der Waals surface area contributed by atoms with Gasteiger partial charge in [-0.15, -0.1) is 6.58 Å². The van der Waals surface area contributed by atoms with E-state index in [2.05, 4.69) is 23.7 Å². The molecule has 11 heavy (non-hydrogen) atoms. The highest BCUT2D eigenvalue weighted by atomic mass is 15.2. The highest BCUT2D eigenvalue weighted by Gasteiger charge is 2.11. The molecule has 0 bridgehead atoms. The van der Waals surface area contributed by atoms with Crippen LogP contribution in [0.15, 0.2) is 12.7 Å². The molecule has 1 aliphatic heterocycles. The number of nitrogens with zero attached hydrogens (tertiary/aromatic N) is 1. The second-order valence-electron chi connectivity index (χ2n) is 3.12. The predicted molar refractivity (Wildman–Crippen MR) is 48.7 cm³/mol. The molecule has 1 atom stereocenters. The summed E-state index contributed by atoms with van der Waals surface area (Å²) < 4.78 is 0. The van der Waals surface area contributed by atoms with E-state index in [1.165, 1.54) is 19.5 Å². The summed E-state index contributed by atoms with van der Waals surface area (Å²) in [7, 11) is 0. The third-order valence-corrected chi connectivity index (χ3v) is 2.29. The molecule has 1 heterocycles. The highest BCUT2D eigenvalue weighted by Crippen LogP contribution is 2.02. The van der Waals surface area contributed by atoms with Gasteiger partial charge in [0.1, 0.15) is 0 Å². The van der Waals surface area contributed by atoms with Gasteiger partial charge in [0.15, 0.2) is 0 Å². The van der Waals surface area contributed by atoms with Crippen LogP contribution >= 0.6 is 0 Å². The van der Waals surface area contributed by atoms with Crippen LogP contribution in [0.1, 0.15) is 13.3 Å². The van der Waals surface area contributed by atoms with Crippen LogP contribution in [0, 0.1) is 0 Å². The van der Waals surface area contributed by atoms with Crippen LogP contribution in [0.2, 0.25) is 0 Å². The van der Waals surface area contributed by atoms with Crippen LogP contribution in [-0.4, -0.2) is 37.1 Å². The molecule has 0 radical (unpaired) electrons. The molecule has 1 fully saturated rings. The van der Waals surface area contributed by atoms with Crippen molar-refractivity contribution in [1.82, 2.24) is 10.2 Å². The maximum atomic E-state index is 3.80. The smallest absolute Gasteiger partial charge is 0.0247 e. The molecule has 0 amide bonds. The quantitative estimate of drug-likeness (QED) is 0.593. The van der Waals surface area contributed by atoms with E-state index in [1.807, 2.05) is 6.08 Å². The Kier molecular flexibility index (Phi) is 3.60. The normalized spacial score (nSPS) is 24.1. The predicted octanol–water partition coefficient (Wildman–Crippen LogP) is 0.856. The fourth-order valence-electron chi connectivity index (χ4n) is 1.42. The van der Waals surface area contributed by atoms with Crippen molar-refractivity contribution in [3.63, 3.8) is 0 Å². The van der Waals surface area contributed by atoms with Gasteiger partial charge in [0, 0.05) is 19.1 Å². The van der Waals surface area contributed by atoms with Crippen molar-refractivity contribution in [2.45, 2.75) is 19.4 Å². The van der Waals surface area contributed by atoms with Gasteiger partial charge in [-0.25, -0.2) is 0 Å². The van der Waals surface area contributed by atoms with Crippen molar-refractivity contribution in [2.24, 2.45) is 0 Å². The summed E-state index contributed by atoms with van der Waals surface area (Å²) in [5, 5.41) is 3.38. The van der Waals surface area contributed by atoms with Gasteiger partial charge in [0.2, 0.25) is 0 Å². The van der Waals surface area contributed by atoms with Crippen molar-refractivity contribution >= 4 is 0 Å². The molecule has 0 aliphatic carbocycles. The third kappa shape index (κ3) is 2.64. The Bertz CT molecular complexity index is 115. The average molecular weight is 154 g/mol. The average Bonchev–Trinajstić information content (AvgIpc) is 2.30. The Morgan fingerprint density at radius 3 is 3.00 bits per heavy atom. The van der Waals surface area contributed by atoms with Crippen LogP contribution in [0.3, 0.4) is 0 Å². The zero-order valence-electron chi connectivity index (χ0n) is 7.34. The summed E-state index contributed by atoms with van der Waals surface area (Å²) in [5.74, 6) is 0. The molecule has 1 unspecified atom stereocenters. The van der Waals surface area contributed by atoms with Crippen molar-refractivity contribution in [2.75, 3.05) is 26.2 Å². The number of hydrogen-bond acceptors (Lipinski definition) is 2. The topological polar surface area (TPSA) is 15.3 Å². The molecular formula is C9H18N2. The van der Waals surface area contributed by atoms with Crippen LogP contribution in [0.25, 0.3) is 0 Å². The van der Waals surface area contributed by atoms with Crippen LogP contribution in [0.5, 0.6) is 0 Å². The van der Waals surface area contributed by atoms with E-state index in [0.717, 1.165) is 13.1 Å². The summed E-state index contributed by atoms with van der Waals surface area (Å²) in [6.45, 7) is 10.7. The number of nitrogens with one attached hydrogen (secondary N) is 1. The minimum atomic E-state index is 0.537. The Labute approximate surface area is 69.3 Å². The van der Waals surface area contributed by atoms with E-state index in [4.69, 9.17) is 0 Å². The Balaban J connectivity index is 2.35. The van der Waals surface area contributed by atoms with E-state index in [-0.39, 0.29) is 0 Å². The molecule has 2 heteroatoms. The summed E-state index contributed by atoms with van der Waals surface area (Å²) in [4.78, 5) is 2.47. The lowest BCUT2D eigenvalue weighted by Crippen LogP contribution is -2.34. The fraction of sp³-hybridized carbons (Fsp3) is 0.778. The van der Waals surface area contributed by atoms with Gasteiger partial charge >= 0.3 is 0 Å². The fourth-order valence-corrected chi connectivity index (χ4v) is 1.42. The second kappa shape index (κ2) is 4.52. The van der Waals surface area contributed by atoms with Gasteiger partial charge in [-0.3, -0.25) is 4.90 Å². The molecule has 0 aromatic heterocycles. The number of hydrogen-bond donors (Lipinski definition) is 1. The maximum Gasteiger partial charge on any atom is 0.0247 e. The summed E-state index contributed by atoms with van der Waals surface area (Å²) in [6.07, 6.45) is 3.28. The molecule has 0 saturated carbocycles. The van der Waals surface area contributed by atoms with E-state index < -0.39 is 0 Å². The standard InChI is InChI=1S/C9H18N2/c1-3-9(2)11-7-4-5-10-6-8-11/h3,9-10H,1,4-8H2,2H3. The van der Waals surface area contributed by atoms with E-state index >= 15 is 0 Å². The minimum Gasteiger partial charge on any atom is -0.315 e. The molecule has 64 valence electrons. The second-order valence-corrected chi connectivity index (χ2v) is 3.12. The SMILES string of the molecule is C=CC(C)N1CCCNCC1. The first-order valence-corrected chi connectivity index (χ1v) is 4.42. The Hall–Kier alpha value is -0.340. The van der Waals surface area contributed by atoms with Gasteiger partial charge < -0.3 is 5.32 Å². The largest absolute Gasteiger partial charge is 0.315 e. The molecule has 0 spiro atoms. The first-order chi connectivity index (χ1) is 5.34. The van der Waals surface area contributed by atoms with Gasteiger partial charge in [-0.2, -0.15) is 0 Å². The third-order valence-electron chi connectivity index (χ3n) is 2.29. The highest BCUT2D eigenvalue weighted by molar-refractivity contribution is 4.85. The van der Waals surface area contributed by atoms with E-state index in [1.54, 1.807) is 0 Å². The Morgan fingerprint density at radius 2 is 2.27 bits per heavy atom. The lowest BCUT2D eigenvalue weighted by Gasteiger charge is -2.24. The van der Waals surface area contributed by atoms with E-state index in [9.17, 15) is 0 Å². The molecule has 1 saturated heterocycles. The van der Waals surface area contributed by atoms with Crippen molar-refractivity contribution in [3.8, 4) is 0 Å². The van der Waals surface area contributed by atoms with Gasteiger partial charge in [0.25, 0.3) is 0 Å². The summed E-state index contributed by atoms with van der Waals surface area (Å²) in [5.41, 5.74) is 0. The first-order valence-electron chi connectivity index (χ1n) is 4.42. The zero-order valence-corrected chi connectivity index (χ0v) is 7.34. The van der Waals surface area contributed by atoms with Gasteiger partial charge in [-0.05, 0) is 26.4 Å². The lowest BCUT2D eigenvalue weighted by atomic mass is 10.2. The molecule has 2 nitrogen and oxygen atoms in total. The molecule has 1 N–H and O–H groups in total.